The maximum Gasteiger partial charge on any atom is 0.174 e. The van der Waals surface area contributed by atoms with Crippen LogP contribution in [0.1, 0.15) is 27.4 Å². The predicted octanol–water partition coefficient (Wildman–Crippen LogP) is 4.10. The molecule has 0 fully saturated rings. The highest BCUT2D eigenvalue weighted by atomic mass is 16.1. The third-order valence-corrected chi connectivity index (χ3v) is 3.47. The van der Waals surface area contributed by atoms with Crippen molar-refractivity contribution >= 4 is 5.78 Å². The zero-order valence-corrected chi connectivity index (χ0v) is 11.5. The fourth-order valence-corrected chi connectivity index (χ4v) is 2.46. The average Bonchev–Trinajstić information content (AvgIpc) is 2.58. The van der Waals surface area contributed by atoms with Crippen LogP contribution in [0.3, 0.4) is 0 Å². The number of aromatic nitrogens is 1. The molecule has 0 radical (unpaired) electrons. The molecule has 2 aromatic carbocycles. The highest BCUT2D eigenvalue weighted by molar-refractivity contribution is 6.03. The van der Waals surface area contributed by atoms with Gasteiger partial charge >= 0.3 is 0 Å². The zero-order chi connectivity index (χ0) is 14.5. The molecule has 3 aromatic rings. The van der Waals surface area contributed by atoms with E-state index in [1.807, 2.05) is 72.8 Å². The van der Waals surface area contributed by atoms with E-state index in [9.17, 15) is 4.79 Å². The Morgan fingerprint density at radius 3 is 2.00 bits per heavy atom. The molecule has 0 unspecified atom stereocenters. The Kier molecular flexibility index (Phi) is 3.88. The van der Waals surface area contributed by atoms with Crippen molar-refractivity contribution in [1.29, 1.82) is 0 Å². The van der Waals surface area contributed by atoms with Gasteiger partial charge < -0.3 is 0 Å². The number of hydrogen-bond donors (Lipinski definition) is 0. The number of carbonyl (C=O) groups is 1. The SMILES string of the molecule is O=C(c1ccccc1)[C@@H](c1ccccc1)c1cccnc1. The van der Waals surface area contributed by atoms with Gasteiger partial charge in [-0.2, -0.15) is 0 Å². The third kappa shape index (κ3) is 2.90. The minimum Gasteiger partial charge on any atom is -0.293 e. The van der Waals surface area contributed by atoms with Gasteiger partial charge in [-0.15, -0.1) is 0 Å². The average molecular weight is 273 g/mol. The molecule has 1 aromatic heterocycles. The van der Waals surface area contributed by atoms with Gasteiger partial charge in [0.05, 0.1) is 5.92 Å². The first-order valence-electron chi connectivity index (χ1n) is 6.90. The first-order valence-corrected chi connectivity index (χ1v) is 6.90. The molecule has 0 bridgehead atoms. The molecule has 2 heteroatoms. The summed E-state index contributed by atoms with van der Waals surface area (Å²) in [5, 5.41) is 0. The molecule has 1 heterocycles. The van der Waals surface area contributed by atoms with Crippen molar-refractivity contribution in [2.75, 3.05) is 0 Å². The first kappa shape index (κ1) is 13.3. The normalized spacial score (nSPS) is 11.8. The molecular weight excluding hydrogens is 258 g/mol. The van der Waals surface area contributed by atoms with E-state index in [4.69, 9.17) is 0 Å². The summed E-state index contributed by atoms with van der Waals surface area (Å²) in [6, 6.07) is 23.1. The molecule has 0 aliphatic carbocycles. The summed E-state index contributed by atoms with van der Waals surface area (Å²) < 4.78 is 0. The maximum absolute atomic E-state index is 12.9. The fraction of sp³-hybridized carbons (Fsp3) is 0.0526. The van der Waals surface area contributed by atoms with Crippen LogP contribution in [-0.2, 0) is 0 Å². The Morgan fingerprint density at radius 1 is 0.762 bits per heavy atom. The monoisotopic (exact) mass is 273 g/mol. The summed E-state index contributed by atoms with van der Waals surface area (Å²) in [5.74, 6) is -0.225. The number of carbonyl (C=O) groups excluding carboxylic acids is 1. The first-order chi connectivity index (χ1) is 10.4. The largest absolute Gasteiger partial charge is 0.293 e. The molecule has 3 rings (SSSR count). The second kappa shape index (κ2) is 6.14. The molecule has 0 amide bonds. The van der Waals surface area contributed by atoms with Gasteiger partial charge in [0.1, 0.15) is 0 Å². The van der Waals surface area contributed by atoms with Gasteiger partial charge in [-0.3, -0.25) is 9.78 Å². The van der Waals surface area contributed by atoms with E-state index in [1.54, 1.807) is 12.4 Å². The van der Waals surface area contributed by atoms with Gasteiger partial charge in [0.2, 0.25) is 0 Å². The van der Waals surface area contributed by atoms with Gasteiger partial charge in [0, 0.05) is 18.0 Å². The molecule has 0 aliphatic heterocycles. The lowest BCUT2D eigenvalue weighted by atomic mass is 9.86. The van der Waals surface area contributed by atoms with Crippen molar-refractivity contribution in [2.45, 2.75) is 5.92 Å². The molecule has 0 saturated heterocycles. The van der Waals surface area contributed by atoms with Crippen molar-refractivity contribution in [3.63, 3.8) is 0 Å². The Balaban J connectivity index is 2.07. The zero-order valence-electron chi connectivity index (χ0n) is 11.5. The molecule has 0 aliphatic rings. The van der Waals surface area contributed by atoms with E-state index < -0.39 is 0 Å². The summed E-state index contributed by atoms with van der Waals surface area (Å²) in [6.07, 6.45) is 3.48. The Bertz CT molecular complexity index is 669. The number of nitrogens with zero attached hydrogens (tertiary/aromatic N) is 1. The van der Waals surface area contributed by atoms with E-state index in [1.165, 1.54) is 0 Å². The molecule has 0 N–H and O–H groups in total. The van der Waals surface area contributed by atoms with Crippen molar-refractivity contribution in [2.24, 2.45) is 0 Å². The van der Waals surface area contributed by atoms with Crippen LogP contribution in [0, 0.1) is 0 Å². The molecule has 0 spiro atoms. The highest BCUT2D eigenvalue weighted by Crippen LogP contribution is 2.27. The Morgan fingerprint density at radius 2 is 1.38 bits per heavy atom. The van der Waals surface area contributed by atoms with Gasteiger partial charge in [0.15, 0.2) is 5.78 Å². The van der Waals surface area contributed by atoms with Crippen molar-refractivity contribution in [3.8, 4) is 0 Å². The van der Waals surface area contributed by atoms with Crippen molar-refractivity contribution < 1.29 is 4.79 Å². The molecule has 1 atom stereocenters. The van der Waals surface area contributed by atoms with Crippen molar-refractivity contribution in [1.82, 2.24) is 4.98 Å². The minimum atomic E-state index is -0.317. The van der Waals surface area contributed by atoms with E-state index in [-0.39, 0.29) is 11.7 Å². The molecule has 2 nitrogen and oxygen atoms in total. The second-order valence-corrected chi connectivity index (χ2v) is 4.86. The van der Waals surface area contributed by atoms with Crippen molar-refractivity contribution in [3.05, 3.63) is 102 Å². The number of Topliss-reactive ketones (excluding diaryl/α,β-unsaturated/α-hetero) is 1. The molecule has 0 saturated carbocycles. The summed E-state index contributed by atoms with van der Waals surface area (Å²) in [7, 11) is 0. The summed E-state index contributed by atoms with van der Waals surface area (Å²) in [6.45, 7) is 0. The number of hydrogen-bond acceptors (Lipinski definition) is 2. The number of ketones is 1. The van der Waals surface area contributed by atoms with Crippen LogP contribution < -0.4 is 0 Å². The fourth-order valence-electron chi connectivity index (χ4n) is 2.46. The van der Waals surface area contributed by atoms with Crippen LogP contribution >= 0.6 is 0 Å². The topological polar surface area (TPSA) is 30.0 Å². The van der Waals surface area contributed by atoms with Crippen LogP contribution in [0.25, 0.3) is 0 Å². The molecule has 21 heavy (non-hydrogen) atoms. The highest BCUT2D eigenvalue weighted by Gasteiger charge is 2.23. The second-order valence-electron chi connectivity index (χ2n) is 4.86. The van der Waals surface area contributed by atoms with E-state index >= 15 is 0 Å². The summed E-state index contributed by atoms with van der Waals surface area (Å²) in [5.41, 5.74) is 2.62. The smallest absolute Gasteiger partial charge is 0.174 e. The lowest BCUT2D eigenvalue weighted by Gasteiger charge is -2.16. The van der Waals surface area contributed by atoms with Gasteiger partial charge in [-0.05, 0) is 17.2 Å². The van der Waals surface area contributed by atoms with Gasteiger partial charge in [-0.1, -0.05) is 66.7 Å². The van der Waals surface area contributed by atoms with E-state index in [0.717, 1.165) is 16.7 Å². The van der Waals surface area contributed by atoms with Gasteiger partial charge in [-0.25, -0.2) is 0 Å². The third-order valence-electron chi connectivity index (χ3n) is 3.47. The molecular formula is C19H15NO. The number of pyridine rings is 1. The summed E-state index contributed by atoms with van der Waals surface area (Å²) in [4.78, 5) is 17.1. The quantitative estimate of drug-likeness (QED) is 0.670. The minimum absolute atomic E-state index is 0.0924. The van der Waals surface area contributed by atoms with Crippen LogP contribution in [0.2, 0.25) is 0 Å². The van der Waals surface area contributed by atoms with Crippen LogP contribution in [0.4, 0.5) is 0 Å². The van der Waals surface area contributed by atoms with E-state index in [0.29, 0.717) is 0 Å². The Labute approximate surface area is 124 Å². The predicted molar refractivity (Wildman–Crippen MR) is 83.3 cm³/mol. The number of benzene rings is 2. The maximum atomic E-state index is 12.9. The summed E-state index contributed by atoms with van der Waals surface area (Å²) >= 11 is 0. The van der Waals surface area contributed by atoms with Gasteiger partial charge in [0.25, 0.3) is 0 Å². The van der Waals surface area contributed by atoms with Crippen LogP contribution in [0.15, 0.2) is 85.2 Å². The van der Waals surface area contributed by atoms with Crippen LogP contribution in [0.5, 0.6) is 0 Å². The lowest BCUT2D eigenvalue weighted by molar-refractivity contribution is 0.0974. The Hall–Kier alpha value is -2.74. The molecule has 102 valence electrons. The number of rotatable bonds is 4. The standard InChI is InChI=1S/C19H15NO/c21-19(16-10-5-2-6-11-16)18(15-8-3-1-4-9-15)17-12-7-13-20-14-17/h1-14,18H/t18-/m0/s1. The van der Waals surface area contributed by atoms with Crippen LogP contribution in [-0.4, -0.2) is 10.8 Å². The lowest BCUT2D eigenvalue weighted by Crippen LogP contribution is -2.14. The van der Waals surface area contributed by atoms with E-state index in [2.05, 4.69) is 4.98 Å².